The summed E-state index contributed by atoms with van der Waals surface area (Å²) < 4.78 is 0.821. The molecule has 1 saturated heterocycles. The van der Waals surface area contributed by atoms with E-state index in [1.165, 1.54) is 0 Å². The normalized spacial score (nSPS) is 15.7. The Hall–Kier alpha value is -1.07. The number of hydrogen-bond acceptors (Lipinski definition) is 2. The average Bonchev–Trinajstić information content (AvgIpc) is 2.41. The van der Waals surface area contributed by atoms with E-state index in [4.69, 9.17) is 11.6 Å². The monoisotopic (exact) mass is 330 g/mol. The molecule has 1 aliphatic rings. The summed E-state index contributed by atoms with van der Waals surface area (Å²) in [5.41, 5.74) is 0.491. The number of amides is 2. The van der Waals surface area contributed by atoms with Crippen molar-refractivity contribution >= 4 is 39.8 Å². The summed E-state index contributed by atoms with van der Waals surface area (Å²) >= 11 is 9.36. The Bertz CT molecular complexity index is 473. The third kappa shape index (κ3) is 2.84. The van der Waals surface area contributed by atoms with Crippen molar-refractivity contribution in [2.75, 3.05) is 26.2 Å². The Labute approximate surface area is 119 Å². The van der Waals surface area contributed by atoms with Gasteiger partial charge in [0.15, 0.2) is 0 Å². The van der Waals surface area contributed by atoms with Crippen molar-refractivity contribution in [1.82, 2.24) is 9.80 Å². The highest BCUT2D eigenvalue weighted by Gasteiger charge is 2.22. The zero-order chi connectivity index (χ0) is 13.1. The molecule has 1 heterocycles. The molecule has 6 heteroatoms. The van der Waals surface area contributed by atoms with Crippen molar-refractivity contribution in [3.05, 3.63) is 33.3 Å². The van der Waals surface area contributed by atoms with Gasteiger partial charge in [0.25, 0.3) is 5.91 Å². The van der Waals surface area contributed by atoms with Gasteiger partial charge in [-0.3, -0.25) is 9.59 Å². The van der Waals surface area contributed by atoms with Crippen LogP contribution in [0, 0.1) is 0 Å². The molecule has 0 aliphatic carbocycles. The van der Waals surface area contributed by atoms with Crippen LogP contribution < -0.4 is 0 Å². The van der Waals surface area contributed by atoms with Gasteiger partial charge in [0.2, 0.25) is 6.41 Å². The SMILES string of the molecule is O=CN1CCN(C(=O)c2cc(Br)ccc2Cl)CC1. The number of benzene rings is 1. The highest BCUT2D eigenvalue weighted by atomic mass is 79.9. The van der Waals surface area contributed by atoms with Crippen LogP contribution in [0.2, 0.25) is 5.02 Å². The van der Waals surface area contributed by atoms with Crippen molar-refractivity contribution in [2.45, 2.75) is 0 Å². The molecule has 96 valence electrons. The molecule has 0 radical (unpaired) electrons. The van der Waals surface area contributed by atoms with E-state index in [2.05, 4.69) is 15.9 Å². The Morgan fingerprint density at radius 1 is 1.28 bits per heavy atom. The second-order valence-electron chi connectivity index (χ2n) is 4.06. The summed E-state index contributed by atoms with van der Waals surface area (Å²) in [6, 6.07) is 5.21. The molecule has 2 rings (SSSR count). The molecule has 4 nitrogen and oxygen atoms in total. The number of carbonyl (C=O) groups excluding carboxylic acids is 2. The molecule has 0 aromatic heterocycles. The highest BCUT2D eigenvalue weighted by Crippen LogP contribution is 2.22. The van der Waals surface area contributed by atoms with Crippen LogP contribution >= 0.6 is 27.5 Å². The maximum absolute atomic E-state index is 12.3. The fraction of sp³-hybridized carbons (Fsp3) is 0.333. The van der Waals surface area contributed by atoms with Crippen molar-refractivity contribution in [3.8, 4) is 0 Å². The first-order valence-corrected chi connectivity index (χ1v) is 6.72. The molecule has 0 atom stereocenters. The van der Waals surface area contributed by atoms with E-state index in [-0.39, 0.29) is 5.91 Å². The molecular weight excluding hydrogens is 320 g/mol. The van der Waals surface area contributed by atoms with E-state index in [0.29, 0.717) is 36.8 Å². The highest BCUT2D eigenvalue weighted by molar-refractivity contribution is 9.10. The minimum atomic E-state index is -0.0909. The third-order valence-corrected chi connectivity index (χ3v) is 3.73. The number of nitrogens with zero attached hydrogens (tertiary/aromatic N) is 2. The van der Waals surface area contributed by atoms with Crippen molar-refractivity contribution in [1.29, 1.82) is 0 Å². The van der Waals surface area contributed by atoms with Gasteiger partial charge in [-0.25, -0.2) is 0 Å². The van der Waals surface area contributed by atoms with Crippen LogP contribution in [0.25, 0.3) is 0 Å². The van der Waals surface area contributed by atoms with Crippen LogP contribution in [0.5, 0.6) is 0 Å². The van der Waals surface area contributed by atoms with Gasteiger partial charge >= 0.3 is 0 Å². The third-order valence-electron chi connectivity index (χ3n) is 2.91. The number of hydrogen-bond donors (Lipinski definition) is 0. The summed E-state index contributed by atoms with van der Waals surface area (Å²) in [6.45, 7) is 2.22. The second-order valence-corrected chi connectivity index (χ2v) is 5.38. The van der Waals surface area contributed by atoms with Crippen LogP contribution in [-0.4, -0.2) is 48.3 Å². The first-order valence-electron chi connectivity index (χ1n) is 5.55. The maximum atomic E-state index is 12.3. The summed E-state index contributed by atoms with van der Waals surface area (Å²) in [5, 5.41) is 0.445. The fourth-order valence-corrected chi connectivity index (χ4v) is 2.42. The lowest BCUT2D eigenvalue weighted by molar-refractivity contribution is -0.119. The fourth-order valence-electron chi connectivity index (χ4n) is 1.86. The van der Waals surface area contributed by atoms with Crippen LogP contribution in [0.1, 0.15) is 10.4 Å². The van der Waals surface area contributed by atoms with Crippen molar-refractivity contribution in [2.24, 2.45) is 0 Å². The van der Waals surface area contributed by atoms with Gasteiger partial charge in [-0.1, -0.05) is 27.5 Å². The van der Waals surface area contributed by atoms with Crippen molar-refractivity contribution < 1.29 is 9.59 Å². The molecule has 0 bridgehead atoms. The van der Waals surface area contributed by atoms with Crippen LogP contribution in [0.3, 0.4) is 0 Å². The van der Waals surface area contributed by atoms with Gasteiger partial charge in [-0.2, -0.15) is 0 Å². The van der Waals surface area contributed by atoms with Crippen LogP contribution in [-0.2, 0) is 4.79 Å². The Balaban J connectivity index is 2.12. The summed E-state index contributed by atoms with van der Waals surface area (Å²) in [4.78, 5) is 26.3. The Morgan fingerprint density at radius 3 is 2.56 bits per heavy atom. The predicted molar refractivity (Wildman–Crippen MR) is 72.7 cm³/mol. The van der Waals surface area contributed by atoms with Gasteiger partial charge in [-0.05, 0) is 18.2 Å². The molecule has 1 aromatic rings. The second kappa shape index (κ2) is 5.71. The van der Waals surface area contributed by atoms with Gasteiger partial charge in [0.1, 0.15) is 0 Å². The van der Waals surface area contributed by atoms with Gasteiger partial charge < -0.3 is 9.80 Å². The summed E-state index contributed by atoms with van der Waals surface area (Å²) in [6.07, 6.45) is 0.813. The van der Waals surface area contributed by atoms with Gasteiger partial charge in [-0.15, -0.1) is 0 Å². The maximum Gasteiger partial charge on any atom is 0.255 e. The molecule has 0 N–H and O–H groups in total. The molecule has 1 aliphatic heterocycles. The molecule has 1 fully saturated rings. The van der Waals surface area contributed by atoms with E-state index in [1.807, 2.05) is 0 Å². The summed E-state index contributed by atoms with van der Waals surface area (Å²) in [7, 11) is 0. The average molecular weight is 332 g/mol. The largest absolute Gasteiger partial charge is 0.342 e. The smallest absolute Gasteiger partial charge is 0.255 e. The van der Waals surface area contributed by atoms with Crippen molar-refractivity contribution in [3.63, 3.8) is 0 Å². The topological polar surface area (TPSA) is 40.6 Å². The molecule has 1 aromatic carbocycles. The number of carbonyl (C=O) groups is 2. The van der Waals surface area contributed by atoms with E-state index in [0.717, 1.165) is 10.9 Å². The zero-order valence-corrected chi connectivity index (χ0v) is 11.9. The molecule has 2 amide bonds. The number of rotatable bonds is 2. The van der Waals surface area contributed by atoms with Gasteiger partial charge in [0, 0.05) is 30.7 Å². The lowest BCUT2D eigenvalue weighted by Crippen LogP contribution is -2.48. The first kappa shape index (κ1) is 13.4. The summed E-state index contributed by atoms with van der Waals surface area (Å²) in [5.74, 6) is -0.0909. The standard InChI is InChI=1S/C12H12BrClN2O2/c13-9-1-2-11(14)10(7-9)12(18)16-5-3-15(8-17)4-6-16/h1-2,7-8H,3-6H2. The number of halogens is 2. The molecule has 0 saturated carbocycles. The quantitative estimate of drug-likeness (QED) is 0.778. The first-order chi connectivity index (χ1) is 8.61. The predicted octanol–water partition coefficient (Wildman–Crippen LogP) is 2.02. The minimum Gasteiger partial charge on any atom is -0.342 e. The minimum absolute atomic E-state index is 0.0909. The Kier molecular flexibility index (Phi) is 4.24. The molecule has 0 spiro atoms. The van der Waals surface area contributed by atoms with E-state index < -0.39 is 0 Å². The zero-order valence-electron chi connectivity index (χ0n) is 9.60. The molecular formula is C12H12BrClN2O2. The van der Waals surface area contributed by atoms with E-state index in [1.54, 1.807) is 28.0 Å². The molecule has 0 unspecified atom stereocenters. The molecule has 18 heavy (non-hydrogen) atoms. The number of piperazine rings is 1. The van der Waals surface area contributed by atoms with E-state index in [9.17, 15) is 9.59 Å². The van der Waals surface area contributed by atoms with E-state index >= 15 is 0 Å². The Morgan fingerprint density at radius 2 is 1.94 bits per heavy atom. The van der Waals surface area contributed by atoms with Crippen LogP contribution in [0.4, 0.5) is 0 Å². The van der Waals surface area contributed by atoms with Gasteiger partial charge in [0.05, 0.1) is 10.6 Å². The lowest BCUT2D eigenvalue weighted by Gasteiger charge is -2.32. The van der Waals surface area contributed by atoms with Crippen LogP contribution in [0.15, 0.2) is 22.7 Å². The lowest BCUT2D eigenvalue weighted by atomic mass is 10.2.